The number of aliphatic hydroxyl groups is 1. The molecular formula is C15H19F2NO3. The molecule has 0 unspecified atom stereocenters. The first-order chi connectivity index (χ1) is 10.1. The molecule has 4 nitrogen and oxygen atoms in total. The fourth-order valence-corrected chi connectivity index (χ4v) is 2.39. The third-order valence-corrected chi connectivity index (χ3v) is 3.45. The Hall–Kier alpha value is -1.66. The fraction of sp³-hybridized carbons (Fsp3) is 0.467. The number of alkyl halides is 2. The van der Waals surface area contributed by atoms with Crippen LogP contribution in [0, 0.1) is 5.92 Å². The van der Waals surface area contributed by atoms with Crippen LogP contribution >= 0.6 is 0 Å². The molecule has 0 fully saturated rings. The van der Waals surface area contributed by atoms with Crippen LogP contribution in [0.4, 0.5) is 8.78 Å². The minimum Gasteiger partial charge on any atom is -0.493 e. The lowest BCUT2D eigenvalue weighted by Crippen LogP contribution is -2.26. The molecule has 2 N–H and O–H groups in total. The summed E-state index contributed by atoms with van der Waals surface area (Å²) in [4.78, 5) is 0. The minimum atomic E-state index is -2.90. The number of nitrogens with one attached hydrogen (secondary N) is 1. The molecule has 0 bridgehead atoms. The quantitative estimate of drug-likeness (QED) is 0.759. The van der Waals surface area contributed by atoms with Gasteiger partial charge in [0.25, 0.3) is 0 Å². The summed E-state index contributed by atoms with van der Waals surface area (Å²) in [7, 11) is 1.41. The Morgan fingerprint density at radius 3 is 2.81 bits per heavy atom. The Labute approximate surface area is 122 Å². The maximum absolute atomic E-state index is 12.5. The summed E-state index contributed by atoms with van der Waals surface area (Å²) in [5, 5.41) is 12.3. The lowest BCUT2D eigenvalue weighted by Gasteiger charge is -2.17. The number of hydrogen-bond acceptors (Lipinski definition) is 4. The largest absolute Gasteiger partial charge is 0.493 e. The van der Waals surface area contributed by atoms with Crippen LogP contribution < -0.4 is 14.8 Å². The molecule has 0 amide bonds. The number of ether oxygens (including phenoxy) is 2. The topological polar surface area (TPSA) is 50.7 Å². The molecule has 0 saturated heterocycles. The Morgan fingerprint density at radius 2 is 2.19 bits per heavy atom. The van der Waals surface area contributed by atoms with Crippen LogP contribution in [-0.4, -0.2) is 31.5 Å². The Morgan fingerprint density at radius 1 is 1.38 bits per heavy atom. The molecule has 1 aromatic rings. The number of para-hydroxylation sites is 1. The second-order valence-corrected chi connectivity index (χ2v) is 4.88. The maximum atomic E-state index is 12.5. The van der Waals surface area contributed by atoms with Gasteiger partial charge in [0.15, 0.2) is 11.5 Å². The first-order valence-electron chi connectivity index (χ1n) is 6.77. The van der Waals surface area contributed by atoms with Crippen molar-refractivity contribution in [2.45, 2.75) is 25.6 Å². The smallest absolute Gasteiger partial charge is 0.387 e. The monoisotopic (exact) mass is 299 g/mol. The van der Waals surface area contributed by atoms with Gasteiger partial charge in [-0.05, 0) is 12.5 Å². The molecule has 0 aromatic heterocycles. The number of halogens is 2. The van der Waals surface area contributed by atoms with Gasteiger partial charge in [-0.25, -0.2) is 0 Å². The van der Waals surface area contributed by atoms with Gasteiger partial charge >= 0.3 is 6.61 Å². The van der Waals surface area contributed by atoms with E-state index in [0.717, 1.165) is 6.42 Å². The Kier molecular flexibility index (Phi) is 5.52. The molecule has 1 aliphatic carbocycles. The van der Waals surface area contributed by atoms with E-state index in [1.54, 1.807) is 18.2 Å². The van der Waals surface area contributed by atoms with Crippen LogP contribution in [0.15, 0.2) is 30.4 Å². The second kappa shape index (κ2) is 7.38. The molecule has 0 heterocycles. The third kappa shape index (κ3) is 4.15. The average molecular weight is 299 g/mol. The van der Waals surface area contributed by atoms with E-state index in [0.29, 0.717) is 12.1 Å². The van der Waals surface area contributed by atoms with Gasteiger partial charge in [-0.15, -0.1) is 0 Å². The standard InChI is InChI=1S/C15H19F2NO3/c1-20-13-4-2-3-11(14(13)21-15(16)17)8-18-12-6-5-10(7-12)9-19/h2-6,10,12,15,18-19H,7-9H2,1H3/t10-,12+/m0/s1. The van der Waals surface area contributed by atoms with E-state index in [-0.39, 0.29) is 30.1 Å². The van der Waals surface area contributed by atoms with Crippen molar-refractivity contribution in [3.05, 3.63) is 35.9 Å². The van der Waals surface area contributed by atoms with Crippen molar-refractivity contribution >= 4 is 0 Å². The van der Waals surface area contributed by atoms with E-state index >= 15 is 0 Å². The summed E-state index contributed by atoms with van der Waals surface area (Å²) in [5.74, 6) is 0.498. The van der Waals surface area contributed by atoms with Crippen molar-refractivity contribution in [1.82, 2.24) is 5.32 Å². The van der Waals surface area contributed by atoms with E-state index in [9.17, 15) is 8.78 Å². The molecule has 0 radical (unpaired) electrons. The van der Waals surface area contributed by atoms with Gasteiger partial charge in [0, 0.05) is 30.7 Å². The van der Waals surface area contributed by atoms with Crippen molar-refractivity contribution in [1.29, 1.82) is 0 Å². The predicted molar refractivity (Wildman–Crippen MR) is 74.6 cm³/mol. The SMILES string of the molecule is COc1cccc(CN[C@@H]2C=C[C@H](CO)C2)c1OC(F)F. The first-order valence-corrected chi connectivity index (χ1v) is 6.77. The van der Waals surface area contributed by atoms with Crippen LogP contribution in [0.5, 0.6) is 11.5 Å². The second-order valence-electron chi connectivity index (χ2n) is 4.88. The molecule has 0 saturated carbocycles. The third-order valence-electron chi connectivity index (χ3n) is 3.45. The van der Waals surface area contributed by atoms with Gasteiger partial charge in [-0.1, -0.05) is 24.3 Å². The summed E-state index contributed by atoms with van der Waals surface area (Å²) in [6.45, 7) is -2.40. The van der Waals surface area contributed by atoms with Crippen molar-refractivity contribution < 1.29 is 23.4 Å². The summed E-state index contributed by atoms with van der Waals surface area (Å²) in [6.07, 6.45) is 4.74. The number of rotatable bonds is 7. The number of methoxy groups -OCH3 is 1. The zero-order valence-corrected chi connectivity index (χ0v) is 11.8. The van der Waals surface area contributed by atoms with Crippen LogP contribution in [0.3, 0.4) is 0 Å². The zero-order chi connectivity index (χ0) is 15.2. The van der Waals surface area contributed by atoms with Crippen molar-refractivity contribution in [3.8, 4) is 11.5 Å². The zero-order valence-electron chi connectivity index (χ0n) is 11.8. The average Bonchev–Trinajstić information content (AvgIpc) is 2.93. The number of benzene rings is 1. The normalized spacial score (nSPS) is 21.0. The number of hydrogen-bond donors (Lipinski definition) is 2. The van der Waals surface area contributed by atoms with Crippen LogP contribution in [0.25, 0.3) is 0 Å². The van der Waals surface area contributed by atoms with E-state index < -0.39 is 6.61 Å². The van der Waals surface area contributed by atoms with Crippen LogP contribution in [0.1, 0.15) is 12.0 Å². The molecule has 0 aliphatic heterocycles. The molecular weight excluding hydrogens is 280 g/mol. The van der Waals surface area contributed by atoms with E-state index in [2.05, 4.69) is 10.1 Å². The van der Waals surface area contributed by atoms with E-state index in [1.807, 2.05) is 12.2 Å². The molecule has 2 rings (SSSR count). The Balaban J connectivity index is 2.04. The fourth-order valence-electron chi connectivity index (χ4n) is 2.39. The highest BCUT2D eigenvalue weighted by Gasteiger charge is 2.19. The molecule has 6 heteroatoms. The summed E-state index contributed by atoms with van der Waals surface area (Å²) in [5.41, 5.74) is 0.607. The molecule has 116 valence electrons. The summed E-state index contributed by atoms with van der Waals surface area (Å²) < 4.78 is 34.7. The molecule has 1 aliphatic rings. The van der Waals surface area contributed by atoms with Crippen molar-refractivity contribution in [3.63, 3.8) is 0 Å². The van der Waals surface area contributed by atoms with Gasteiger partial charge in [0.2, 0.25) is 0 Å². The summed E-state index contributed by atoms with van der Waals surface area (Å²) in [6, 6.07) is 5.15. The van der Waals surface area contributed by atoms with E-state index in [1.165, 1.54) is 7.11 Å². The van der Waals surface area contributed by atoms with Gasteiger partial charge in [0.1, 0.15) is 0 Å². The first kappa shape index (κ1) is 15.7. The van der Waals surface area contributed by atoms with Crippen molar-refractivity contribution in [2.24, 2.45) is 5.92 Å². The lowest BCUT2D eigenvalue weighted by molar-refractivity contribution is -0.0518. The lowest BCUT2D eigenvalue weighted by atomic mass is 10.1. The molecule has 2 atom stereocenters. The van der Waals surface area contributed by atoms with Gasteiger partial charge < -0.3 is 19.9 Å². The highest BCUT2D eigenvalue weighted by atomic mass is 19.3. The summed E-state index contributed by atoms with van der Waals surface area (Å²) >= 11 is 0. The predicted octanol–water partition coefficient (Wildman–Crippen LogP) is 2.32. The molecule has 0 spiro atoms. The number of aliphatic hydroxyl groups excluding tert-OH is 1. The van der Waals surface area contributed by atoms with Crippen molar-refractivity contribution in [2.75, 3.05) is 13.7 Å². The maximum Gasteiger partial charge on any atom is 0.387 e. The van der Waals surface area contributed by atoms with E-state index in [4.69, 9.17) is 9.84 Å². The minimum absolute atomic E-state index is 0.0585. The Bertz CT molecular complexity index is 494. The van der Waals surface area contributed by atoms with Crippen LogP contribution in [-0.2, 0) is 6.54 Å². The highest BCUT2D eigenvalue weighted by molar-refractivity contribution is 5.46. The van der Waals surface area contributed by atoms with Crippen LogP contribution in [0.2, 0.25) is 0 Å². The molecule has 21 heavy (non-hydrogen) atoms. The van der Waals surface area contributed by atoms with Gasteiger partial charge in [0.05, 0.1) is 7.11 Å². The van der Waals surface area contributed by atoms with Gasteiger partial charge in [-0.3, -0.25) is 0 Å². The molecule has 1 aromatic carbocycles. The highest BCUT2D eigenvalue weighted by Crippen LogP contribution is 2.32. The van der Waals surface area contributed by atoms with Gasteiger partial charge in [-0.2, -0.15) is 8.78 Å².